The Kier molecular flexibility index (Phi) is 3.83. The van der Waals surface area contributed by atoms with E-state index in [-0.39, 0.29) is 0 Å². The van der Waals surface area contributed by atoms with Crippen LogP contribution in [0, 0.1) is 11.8 Å². The van der Waals surface area contributed by atoms with Crippen LogP contribution in [0.15, 0.2) is 30.3 Å². The molecule has 2 fully saturated rings. The highest BCUT2D eigenvalue weighted by Crippen LogP contribution is 2.30. The topological polar surface area (TPSA) is 32.3 Å². The Morgan fingerprint density at radius 1 is 1.11 bits per heavy atom. The minimum atomic E-state index is 0.291. The molecule has 0 saturated carbocycles. The number of rotatable bonds is 3. The van der Waals surface area contributed by atoms with E-state index in [1.807, 2.05) is 0 Å². The van der Waals surface area contributed by atoms with Gasteiger partial charge in [-0.15, -0.1) is 0 Å². The number of hydrogen-bond donors (Lipinski definition) is 1. The standard InChI is InChI=1S/C16H22N2O/c19-16-15(6-9-17-16)14-7-10-18(11-8-14)12-13-4-2-1-3-5-13/h1-5,14-15H,6-12H2,(H,17,19). The van der Waals surface area contributed by atoms with E-state index in [2.05, 4.69) is 40.5 Å². The Bertz CT molecular complexity index is 424. The minimum absolute atomic E-state index is 0.291. The summed E-state index contributed by atoms with van der Waals surface area (Å²) in [5.41, 5.74) is 1.39. The summed E-state index contributed by atoms with van der Waals surface area (Å²) in [7, 11) is 0. The van der Waals surface area contributed by atoms with Crippen LogP contribution in [0.4, 0.5) is 0 Å². The Morgan fingerprint density at radius 3 is 2.47 bits per heavy atom. The van der Waals surface area contributed by atoms with E-state index in [0.717, 1.165) is 32.6 Å². The molecule has 3 rings (SSSR count). The molecule has 3 nitrogen and oxygen atoms in total. The summed E-state index contributed by atoms with van der Waals surface area (Å²) >= 11 is 0. The molecule has 1 atom stereocenters. The van der Waals surface area contributed by atoms with E-state index >= 15 is 0 Å². The maximum atomic E-state index is 11.7. The molecule has 19 heavy (non-hydrogen) atoms. The summed E-state index contributed by atoms with van der Waals surface area (Å²) in [4.78, 5) is 14.2. The molecule has 0 radical (unpaired) electrons. The highest BCUT2D eigenvalue weighted by Gasteiger charge is 2.33. The molecule has 3 heteroatoms. The zero-order valence-corrected chi connectivity index (χ0v) is 11.3. The number of amides is 1. The summed E-state index contributed by atoms with van der Waals surface area (Å²) in [6, 6.07) is 10.7. The molecule has 1 aromatic rings. The monoisotopic (exact) mass is 258 g/mol. The van der Waals surface area contributed by atoms with E-state index < -0.39 is 0 Å². The van der Waals surface area contributed by atoms with Crippen molar-refractivity contribution >= 4 is 5.91 Å². The van der Waals surface area contributed by atoms with Crippen LogP contribution in [0.25, 0.3) is 0 Å². The van der Waals surface area contributed by atoms with Crippen molar-refractivity contribution < 1.29 is 4.79 Å². The van der Waals surface area contributed by atoms with E-state index in [0.29, 0.717) is 17.7 Å². The first kappa shape index (κ1) is 12.7. The van der Waals surface area contributed by atoms with E-state index in [1.165, 1.54) is 18.4 Å². The number of carbonyl (C=O) groups excluding carboxylic acids is 1. The zero-order valence-electron chi connectivity index (χ0n) is 11.3. The summed E-state index contributed by atoms with van der Waals surface area (Å²) in [5, 5.41) is 2.97. The van der Waals surface area contributed by atoms with Crippen LogP contribution in [0.5, 0.6) is 0 Å². The summed E-state index contributed by atoms with van der Waals surface area (Å²) < 4.78 is 0. The smallest absolute Gasteiger partial charge is 0.223 e. The van der Waals surface area contributed by atoms with Crippen molar-refractivity contribution in [2.24, 2.45) is 11.8 Å². The van der Waals surface area contributed by atoms with Gasteiger partial charge in [0.2, 0.25) is 5.91 Å². The van der Waals surface area contributed by atoms with Crippen LogP contribution in [0.1, 0.15) is 24.8 Å². The SMILES string of the molecule is O=C1NCCC1C1CCN(Cc2ccccc2)CC1. The lowest BCUT2D eigenvalue weighted by molar-refractivity contribution is -0.124. The summed E-state index contributed by atoms with van der Waals surface area (Å²) in [5.74, 6) is 1.19. The van der Waals surface area contributed by atoms with Crippen molar-refractivity contribution in [2.45, 2.75) is 25.8 Å². The van der Waals surface area contributed by atoms with Crippen molar-refractivity contribution in [2.75, 3.05) is 19.6 Å². The second-order valence-corrected chi connectivity index (χ2v) is 5.79. The number of piperidine rings is 1. The largest absolute Gasteiger partial charge is 0.356 e. The third-order valence-electron chi connectivity index (χ3n) is 4.54. The molecule has 102 valence electrons. The van der Waals surface area contributed by atoms with Crippen LogP contribution in [-0.4, -0.2) is 30.4 Å². The van der Waals surface area contributed by atoms with Crippen LogP contribution in [-0.2, 0) is 11.3 Å². The number of carbonyl (C=O) groups is 1. The fourth-order valence-electron chi connectivity index (χ4n) is 3.42. The fourth-order valence-corrected chi connectivity index (χ4v) is 3.42. The highest BCUT2D eigenvalue weighted by atomic mass is 16.2. The third-order valence-corrected chi connectivity index (χ3v) is 4.54. The van der Waals surface area contributed by atoms with Crippen LogP contribution >= 0.6 is 0 Å². The van der Waals surface area contributed by atoms with Crippen molar-refractivity contribution in [3.05, 3.63) is 35.9 Å². The number of likely N-dealkylation sites (tertiary alicyclic amines) is 1. The van der Waals surface area contributed by atoms with Gasteiger partial charge in [0.25, 0.3) is 0 Å². The molecule has 1 aromatic carbocycles. The number of benzene rings is 1. The lowest BCUT2D eigenvalue weighted by atomic mass is 9.83. The van der Waals surface area contributed by atoms with E-state index in [4.69, 9.17) is 0 Å². The van der Waals surface area contributed by atoms with Gasteiger partial charge in [-0.25, -0.2) is 0 Å². The number of nitrogens with one attached hydrogen (secondary N) is 1. The molecule has 0 spiro atoms. The Balaban J connectivity index is 1.51. The normalized spacial score (nSPS) is 25.5. The van der Waals surface area contributed by atoms with Gasteiger partial charge in [-0.2, -0.15) is 0 Å². The van der Waals surface area contributed by atoms with Gasteiger partial charge in [-0.05, 0) is 43.8 Å². The molecule has 2 aliphatic rings. The van der Waals surface area contributed by atoms with Crippen LogP contribution in [0.3, 0.4) is 0 Å². The fraction of sp³-hybridized carbons (Fsp3) is 0.562. The van der Waals surface area contributed by atoms with Gasteiger partial charge < -0.3 is 5.32 Å². The summed E-state index contributed by atoms with van der Waals surface area (Å²) in [6.45, 7) is 4.19. The first-order chi connectivity index (χ1) is 9.33. The van der Waals surface area contributed by atoms with Crippen molar-refractivity contribution in [3.63, 3.8) is 0 Å². The van der Waals surface area contributed by atoms with Gasteiger partial charge in [0.05, 0.1) is 0 Å². The molecular weight excluding hydrogens is 236 g/mol. The van der Waals surface area contributed by atoms with E-state index in [1.54, 1.807) is 0 Å². The van der Waals surface area contributed by atoms with Crippen LogP contribution < -0.4 is 5.32 Å². The predicted octanol–water partition coefficient (Wildman–Crippen LogP) is 2.03. The molecule has 2 saturated heterocycles. The van der Waals surface area contributed by atoms with Gasteiger partial charge in [0.15, 0.2) is 0 Å². The molecule has 2 aliphatic heterocycles. The number of hydrogen-bond acceptors (Lipinski definition) is 2. The summed E-state index contributed by atoms with van der Waals surface area (Å²) in [6.07, 6.45) is 3.39. The van der Waals surface area contributed by atoms with Crippen molar-refractivity contribution in [1.82, 2.24) is 10.2 Å². The highest BCUT2D eigenvalue weighted by molar-refractivity contribution is 5.80. The average Bonchev–Trinajstić information content (AvgIpc) is 2.87. The maximum Gasteiger partial charge on any atom is 0.223 e. The average molecular weight is 258 g/mol. The van der Waals surface area contributed by atoms with Crippen molar-refractivity contribution in [3.8, 4) is 0 Å². The molecule has 1 N–H and O–H groups in total. The molecule has 0 bridgehead atoms. The minimum Gasteiger partial charge on any atom is -0.356 e. The second kappa shape index (κ2) is 5.74. The van der Waals surface area contributed by atoms with Gasteiger partial charge in [0.1, 0.15) is 0 Å². The van der Waals surface area contributed by atoms with Crippen molar-refractivity contribution in [1.29, 1.82) is 0 Å². The van der Waals surface area contributed by atoms with Gasteiger partial charge in [-0.3, -0.25) is 9.69 Å². The third kappa shape index (κ3) is 2.98. The molecule has 0 aromatic heterocycles. The lowest BCUT2D eigenvalue weighted by Gasteiger charge is -2.34. The Hall–Kier alpha value is -1.35. The quantitative estimate of drug-likeness (QED) is 0.900. The molecular formula is C16H22N2O. The molecule has 2 heterocycles. The first-order valence-corrected chi connectivity index (χ1v) is 7.37. The van der Waals surface area contributed by atoms with E-state index in [9.17, 15) is 4.79 Å². The Morgan fingerprint density at radius 2 is 1.84 bits per heavy atom. The molecule has 1 unspecified atom stereocenters. The maximum absolute atomic E-state index is 11.7. The zero-order chi connectivity index (χ0) is 13.1. The van der Waals surface area contributed by atoms with Gasteiger partial charge in [0, 0.05) is 19.0 Å². The lowest BCUT2D eigenvalue weighted by Crippen LogP contribution is -2.37. The molecule has 1 amide bonds. The first-order valence-electron chi connectivity index (χ1n) is 7.37. The van der Waals surface area contributed by atoms with Gasteiger partial charge >= 0.3 is 0 Å². The number of nitrogens with zero attached hydrogens (tertiary/aromatic N) is 1. The second-order valence-electron chi connectivity index (χ2n) is 5.79. The predicted molar refractivity (Wildman–Crippen MR) is 75.6 cm³/mol. The van der Waals surface area contributed by atoms with Crippen LogP contribution in [0.2, 0.25) is 0 Å². The Labute approximate surface area is 115 Å². The van der Waals surface area contributed by atoms with Gasteiger partial charge in [-0.1, -0.05) is 30.3 Å². The molecule has 0 aliphatic carbocycles.